The predicted octanol–water partition coefficient (Wildman–Crippen LogP) is 0.576. The van der Waals surface area contributed by atoms with Gasteiger partial charge in [0.1, 0.15) is 11.3 Å². The second-order valence-electron chi connectivity index (χ2n) is 6.26. The lowest BCUT2D eigenvalue weighted by molar-refractivity contribution is 0.0485. The molecule has 23 heavy (non-hydrogen) atoms. The number of hydrogen-bond acceptors (Lipinski definition) is 5. The SMILES string of the molecule is O=S(=O)(c1ccc2c(c1)CCC2)N1CCC(O)(c2cn[nH]n2)C1. The Hall–Kier alpha value is -1.77. The predicted molar refractivity (Wildman–Crippen MR) is 82.1 cm³/mol. The molecule has 0 saturated carbocycles. The molecule has 1 aliphatic carbocycles. The third-order valence-electron chi connectivity index (χ3n) is 4.81. The van der Waals surface area contributed by atoms with Gasteiger partial charge in [-0.2, -0.15) is 19.7 Å². The molecule has 1 atom stereocenters. The molecule has 1 fully saturated rings. The topological polar surface area (TPSA) is 99.2 Å². The van der Waals surface area contributed by atoms with Crippen LogP contribution in [-0.2, 0) is 28.5 Å². The van der Waals surface area contributed by atoms with E-state index >= 15 is 0 Å². The number of aromatic nitrogens is 3. The summed E-state index contributed by atoms with van der Waals surface area (Å²) in [7, 11) is -3.61. The van der Waals surface area contributed by atoms with E-state index in [9.17, 15) is 13.5 Å². The maximum atomic E-state index is 12.9. The molecule has 0 bridgehead atoms. The quantitative estimate of drug-likeness (QED) is 0.855. The molecule has 2 N–H and O–H groups in total. The van der Waals surface area contributed by atoms with Gasteiger partial charge in [-0.25, -0.2) is 8.42 Å². The zero-order valence-corrected chi connectivity index (χ0v) is 13.4. The molecule has 2 aromatic rings. The number of aliphatic hydroxyl groups is 1. The molecule has 8 heteroatoms. The Labute approximate surface area is 134 Å². The largest absolute Gasteiger partial charge is 0.382 e. The standard InChI is InChI=1S/C15H18N4O3S/c20-15(14-9-16-18-17-14)6-7-19(10-15)23(21,22)13-5-4-11-2-1-3-12(11)8-13/h4-5,8-9,20H,1-3,6-7,10H2,(H,16,17,18). The van der Waals surface area contributed by atoms with Gasteiger partial charge in [0.25, 0.3) is 0 Å². The van der Waals surface area contributed by atoms with Crippen molar-refractivity contribution in [3.8, 4) is 0 Å². The number of aryl methyl sites for hydroxylation is 2. The summed E-state index contributed by atoms with van der Waals surface area (Å²) >= 11 is 0. The lowest BCUT2D eigenvalue weighted by atomic mass is 10.0. The van der Waals surface area contributed by atoms with E-state index in [4.69, 9.17) is 0 Å². The van der Waals surface area contributed by atoms with Crippen molar-refractivity contribution in [1.82, 2.24) is 19.7 Å². The Morgan fingerprint density at radius 3 is 2.87 bits per heavy atom. The highest BCUT2D eigenvalue weighted by Gasteiger charge is 2.44. The van der Waals surface area contributed by atoms with Crippen LogP contribution in [0.5, 0.6) is 0 Å². The summed E-state index contributed by atoms with van der Waals surface area (Å²) in [5, 5.41) is 20.7. The fourth-order valence-electron chi connectivity index (χ4n) is 3.46. The molecule has 0 amide bonds. The van der Waals surface area contributed by atoms with E-state index in [1.165, 1.54) is 16.1 Å². The van der Waals surface area contributed by atoms with Gasteiger partial charge in [0.2, 0.25) is 10.0 Å². The highest BCUT2D eigenvalue weighted by Crippen LogP contribution is 2.34. The van der Waals surface area contributed by atoms with E-state index in [0.717, 1.165) is 24.8 Å². The fourth-order valence-corrected chi connectivity index (χ4v) is 5.00. The van der Waals surface area contributed by atoms with Crippen LogP contribution in [0.3, 0.4) is 0 Å². The summed E-state index contributed by atoms with van der Waals surface area (Å²) in [5.41, 5.74) is 1.46. The summed E-state index contributed by atoms with van der Waals surface area (Å²) in [5.74, 6) is 0. The minimum Gasteiger partial charge on any atom is -0.382 e. The van der Waals surface area contributed by atoms with Crippen LogP contribution >= 0.6 is 0 Å². The van der Waals surface area contributed by atoms with Crippen LogP contribution < -0.4 is 0 Å². The van der Waals surface area contributed by atoms with Gasteiger partial charge >= 0.3 is 0 Å². The van der Waals surface area contributed by atoms with Crippen LogP contribution in [0.15, 0.2) is 29.3 Å². The molecule has 1 unspecified atom stereocenters. The van der Waals surface area contributed by atoms with Gasteiger partial charge in [-0.1, -0.05) is 6.07 Å². The van der Waals surface area contributed by atoms with E-state index in [1.54, 1.807) is 12.1 Å². The molecule has 122 valence electrons. The second-order valence-corrected chi connectivity index (χ2v) is 8.20. The first kappa shape index (κ1) is 14.8. The van der Waals surface area contributed by atoms with Gasteiger partial charge < -0.3 is 5.11 Å². The van der Waals surface area contributed by atoms with Crippen molar-refractivity contribution < 1.29 is 13.5 Å². The van der Waals surface area contributed by atoms with E-state index < -0.39 is 15.6 Å². The maximum Gasteiger partial charge on any atom is 0.243 e. The third-order valence-corrected chi connectivity index (χ3v) is 6.65. The molecule has 1 aromatic carbocycles. The minimum absolute atomic E-state index is 0.00104. The monoisotopic (exact) mass is 334 g/mol. The van der Waals surface area contributed by atoms with E-state index in [-0.39, 0.29) is 13.1 Å². The number of nitrogens with zero attached hydrogens (tertiary/aromatic N) is 3. The van der Waals surface area contributed by atoms with Crippen LogP contribution in [0.2, 0.25) is 0 Å². The first-order chi connectivity index (χ1) is 11.0. The van der Waals surface area contributed by atoms with Crippen molar-refractivity contribution >= 4 is 10.0 Å². The van der Waals surface area contributed by atoms with E-state index in [1.807, 2.05) is 6.07 Å². The number of nitrogens with one attached hydrogen (secondary N) is 1. The van der Waals surface area contributed by atoms with Crippen molar-refractivity contribution in [3.63, 3.8) is 0 Å². The molecular weight excluding hydrogens is 316 g/mol. The number of rotatable bonds is 3. The van der Waals surface area contributed by atoms with E-state index in [0.29, 0.717) is 17.0 Å². The smallest absolute Gasteiger partial charge is 0.243 e. The van der Waals surface area contributed by atoms with Gasteiger partial charge in [0.15, 0.2) is 0 Å². The summed E-state index contributed by atoms with van der Waals surface area (Å²) in [6.07, 6.45) is 4.77. The van der Waals surface area contributed by atoms with E-state index in [2.05, 4.69) is 15.4 Å². The molecule has 2 heterocycles. The van der Waals surface area contributed by atoms with Crippen LogP contribution in [0.4, 0.5) is 0 Å². The molecule has 1 aromatic heterocycles. The molecular formula is C15H18N4O3S. The average molecular weight is 334 g/mol. The van der Waals surface area contributed by atoms with Gasteiger partial charge in [0.05, 0.1) is 11.1 Å². The highest BCUT2D eigenvalue weighted by atomic mass is 32.2. The van der Waals surface area contributed by atoms with Crippen molar-refractivity contribution in [2.75, 3.05) is 13.1 Å². The normalized spacial score (nSPS) is 24.9. The highest BCUT2D eigenvalue weighted by molar-refractivity contribution is 7.89. The summed E-state index contributed by atoms with van der Waals surface area (Å²) in [4.78, 5) is 0.308. The molecule has 7 nitrogen and oxygen atoms in total. The Morgan fingerprint density at radius 1 is 1.26 bits per heavy atom. The number of fused-ring (bicyclic) bond motifs is 1. The molecule has 1 saturated heterocycles. The lowest BCUT2D eigenvalue weighted by Crippen LogP contribution is -2.34. The summed E-state index contributed by atoms with van der Waals surface area (Å²) < 4.78 is 27.1. The van der Waals surface area contributed by atoms with Crippen molar-refractivity contribution in [2.45, 2.75) is 36.2 Å². The molecule has 0 radical (unpaired) electrons. The number of hydrogen-bond donors (Lipinski definition) is 2. The number of aromatic amines is 1. The van der Waals surface area contributed by atoms with Crippen LogP contribution in [-0.4, -0.2) is 46.3 Å². The van der Waals surface area contributed by atoms with Gasteiger partial charge in [0, 0.05) is 13.1 Å². The molecule has 0 spiro atoms. The lowest BCUT2D eigenvalue weighted by Gasteiger charge is -2.21. The zero-order valence-electron chi connectivity index (χ0n) is 12.6. The first-order valence-electron chi connectivity index (χ1n) is 7.70. The number of sulfonamides is 1. The minimum atomic E-state index is -3.61. The molecule has 4 rings (SSSR count). The molecule has 1 aliphatic heterocycles. The average Bonchev–Trinajstić information content (AvgIpc) is 3.27. The molecule has 2 aliphatic rings. The summed E-state index contributed by atoms with van der Waals surface area (Å²) in [6, 6.07) is 5.37. The van der Waals surface area contributed by atoms with Gasteiger partial charge in [-0.05, 0) is 48.9 Å². The van der Waals surface area contributed by atoms with Crippen LogP contribution in [0, 0.1) is 0 Å². The third kappa shape index (κ3) is 2.37. The Balaban J connectivity index is 1.63. The maximum absolute atomic E-state index is 12.9. The second kappa shape index (κ2) is 5.12. The van der Waals surface area contributed by atoms with Crippen molar-refractivity contribution in [1.29, 1.82) is 0 Å². The van der Waals surface area contributed by atoms with Gasteiger partial charge in [-0.15, -0.1) is 0 Å². The number of H-pyrrole nitrogens is 1. The Kier molecular flexibility index (Phi) is 3.29. The van der Waals surface area contributed by atoms with Gasteiger partial charge in [-0.3, -0.25) is 0 Å². The van der Waals surface area contributed by atoms with Crippen molar-refractivity contribution in [2.24, 2.45) is 0 Å². The fraction of sp³-hybridized carbons (Fsp3) is 0.467. The number of β-amino-alcohol motifs (C(OH)–C–C–N with tert-alkyl or cyclic N) is 1. The first-order valence-corrected chi connectivity index (χ1v) is 9.14. The Morgan fingerprint density at radius 2 is 2.09 bits per heavy atom. The Bertz CT molecular complexity index is 834. The number of benzene rings is 1. The van der Waals surface area contributed by atoms with Crippen LogP contribution in [0.25, 0.3) is 0 Å². The zero-order chi connectivity index (χ0) is 16.1. The van der Waals surface area contributed by atoms with Crippen LogP contribution in [0.1, 0.15) is 29.7 Å². The summed E-state index contributed by atoms with van der Waals surface area (Å²) in [6.45, 7) is 0.266. The van der Waals surface area contributed by atoms with Crippen molar-refractivity contribution in [3.05, 3.63) is 41.2 Å².